The van der Waals surface area contributed by atoms with Crippen LogP contribution < -0.4 is 10.2 Å². The van der Waals surface area contributed by atoms with Crippen molar-refractivity contribution < 1.29 is 14.7 Å². The average Bonchev–Trinajstić information content (AvgIpc) is 2.36. The molecular weight excluding hydrogens is 232 g/mol. The Morgan fingerprint density at radius 1 is 1.33 bits per heavy atom. The third-order valence-electron chi connectivity index (χ3n) is 2.56. The predicted molar refractivity (Wildman–Crippen MR) is 69.5 cm³/mol. The summed E-state index contributed by atoms with van der Waals surface area (Å²) in [6.45, 7) is 1.97. The molecule has 1 atom stereocenters. The summed E-state index contributed by atoms with van der Waals surface area (Å²) in [6, 6.07) is 8.84. The van der Waals surface area contributed by atoms with Gasteiger partial charge in [-0.15, -0.1) is 0 Å². The van der Waals surface area contributed by atoms with Crippen molar-refractivity contribution in [1.82, 2.24) is 5.32 Å². The van der Waals surface area contributed by atoms with Crippen LogP contribution in [0, 0.1) is 5.92 Å². The molecule has 5 heteroatoms. The fourth-order valence-electron chi connectivity index (χ4n) is 1.70. The zero-order chi connectivity index (χ0) is 13.5. The monoisotopic (exact) mass is 250 g/mol. The van der Waals surface area contributed by atoms with Crippen LogP contribution in [0.2, 0.25) is 0 Å². The molecule has 18 heavy (non-hydrogen) atoms. The largest absolute Gasteiger partial charge is 0.480 e. The van der Waals surface area contributed by atoms with Gasteiger partial charge in [0.2, 0.25) is 5.91 Å². The molecule has 0 bridgehead atoms. The summed E-state index contributed by atoms with van der Waals surface area (Å²) in [4.78, 5) is 24.3. The Labute approximate surface area is 106 Å². The van der Waals surface area contributed by atoms with Crippen molar-refractivity contribution in [2.75, 3.05) is 25.0 Å². The highest BCUT2D eigenvalue weighted by atomic mass is 16.4. The number of carboxylic acids is 1. The second-order valence-electron chi connectivity index (χ2n) is 4.11. The Balaban J connectivity index is 2.91. The molecule has 0 heterocycles. The summed E-state index contributed by atoms with van der Waals surface area (Å²) in [5.41, 5.74) is 0.604. The zero-order valence-electron chi connectivity index (χ0n) is 10.6. The van der Waals surface area contributed by atoms with E-state index in [1.807, 2.05) is 6.07 Å². The van der Waals surface area contributed by atoms with E-state index in [-0.39, 0.29) is 18.4 Å². The van der Waals surface area contributed by atoms with E-state index in [0.717, 1.165) is 0 Å². The van der Waals surface area contributed by atoms with E-state index in [2.05, 4.69) is 5.32 Å². The zero-order valence-corrected chi connectivity index (χ0v) is 10.6. The maximum Gasteiger partial charge on any atom is 0.323 e. The van der Waals surface area contributed by atoms with Crippen LogP contribution in [0.4, 0.5) is 5.69 Å². The number of nitrogens with one attached hydrogen (secondary N) is 1. The minimum Gasteiger partial charge on any atom is -0.480 e. The molecule has 0 aliphatic heterocycles. The first-order valence-corrected chi connectivity index (χ1v) is 5.79. The highest BCUT2D eigenvalue weighted by molar-refractivity contribution is 5.98. The minimum absolute atomic E-state index is 0.196. The summed E-state index contributed by atoms with van der Waals surface area (Å²) in [5, 5.41) is 11.8. The number of rotatable bonds is 6. The van der Waals surface area contributed by atoms with Crippen LogP contribution >= 0.6 is 0 Å². The molecule has 0 saturated heterocycles. The van der Waals surface area contributed by atoms with Gasteiger partial charge in [0.1, 0.15) is 6.54 Å². The van der Waals surface area contributed by atoms with Gasteiger partial charge in [0.05, 0.1) is 0 Å². The molecule has 0 radical (unpaired) electrons. The smallest absolute Gasteiger partial charge is 0.323 e. The summed E-state index contributed by atoms with van der Waals surface area (Å²) in [7, 11) is 1.76. The van der Waals surface area contributed by atoms with E-state index in [1.54, 1.807) is 38.2 Å². The molecule has 0 fully saturated rings. The molecule has 1 aromatic rings. The molecule has 1 rings (SSSR count). The van der Waals surface area contributed by atoms with Gasteiger partial charge in [0, 0.05) is 18.2 Å². The SMILES string of the molecule is CNCC(C)C(=O)N(CC(=O)O)c1ccccc1. The maximum atomic E-state index is 12.2. The molecule has 1 unspecified atom stereocenters. The minimum atomic E-state index is -1.02. The fourth-order valence-corrected chi connectivity index (χ4v) is 1.70. The molecule has 0 saturated carbocycles. The number of carbonyl (C=O) groups excluding carboxylic acids is 1. The third kappa shape index (κ3) is 3.85. The van der Waals surface area contributed by atoms with Crippen LogP contribution in [0.1, 0.15) is 6.92 Å². The molecule has 1 amide bonds. The Bertz CT molecular complexity index is 406. The Hall–Kier alpha value is -1.88. The van der Waals surface area contributed by atoms with Crippen molar-refractivity contribution in [2.24, 2.45) is 5.92 Å². The summed E-state index contributed by atoms with van der Waals surface area (Å²) < 4.78 is 0. The quantitative estimate of drug-likeness (QED) is 0.789. The number of nitrogens with zero attached hydrogens (tertiary/aromatic N) is 1. The molecule has 0 spiro atoms. The second-order valence-corrected chi connectivity index (χ2v) is 4.11. The lowest BCUT2D eigenvalue weighted by atomic mass is 10.1. The first-order chi connectivity index (χ1) is 8.56. The van der Waals surface area contributed by atoms with E-state index in [4.69, 9.17) is 5.11 Å². The van der Waals surface area contributed by atoms with E-state index >= 15 is 0 Å². The van der Waals surface area contributed by atoms with Crippen LogP contribution in [0.15, 0.2) is 30.3 Å². The van der Waals surface area contributed by atoms with Gasteiger partial charge in [-0.2, -0.15) is 0 Å². The molecule has 98 valence electrons. The van der Waals surface area contributed by atoms with Gasteiger partial charge in [0.25, 0.3) is 0 Å². The fraction of sp³-hybridized carbons (Fsp3) is 0.385. The van der Waals surface area contributed by atoms with Gasteiger partial charge < -0.3 is 15.3 Å². The standard InChI is InChI=1S/C13H18N2O3/c1-10(8-14-2)13(18)15(9-12(16)17)11-6-4-3-5-7-11/h3-7,10,14H,8-9H2,1-2H3,(H,16,17). The van der Waals surface area contributed by atoms with Gasteiger partial charge in [-0.1, -0.05) is 25.1 Å². The number of hydrogen-bond donors (Lipinski definition) is 2. The Morgan fingerprint density at radius 3 is 2.44 bits per heavy atom. The Morgan fingerprint density at radius 2 is 1.94 bits per heavy atom. The molecule has 0 aliphatic rings. The number of para-hydroxylation sites is 1. The topological polar surface area (TPSA) is 69.6 Å². The lowest BCUT2D eigenvalue weighted by molar-refractivity contribution is -0.137. The van der Waals surface area contributed by atoms with Gasteiger partial charge in [-0.05, 0) is 19.2 Å². The highest BCUT2D eigenvalue weighted by Gasteiger charge is 2.23. The molecule has 2 N–H and O–H groups in total. The first kappa shape index (κ1) is 14.2. The lowest BCUT2D eigenvalue weighted by Crippen LogP contribution is -2.41. The number of anilines is 1. The predicted octanol–water partition coefficient (Wildman–Crippen LogP) is 0.960. The third-order valence-corrected chi connectivity index (χ3v) is 2.56. The van der Waals surface area contributed by atoms with Gasteiger partial charge in [0.15, 0.2) is 0 Å². The van der Waals surface area contributed by atoms with Crippen molar-refractivity contribution in [2.45, 2.75) is 6.92 Å². The van der Waals surface area contributed by atoms with E-state index in [9.17, 15) is 9.59 Å². The van der Waals surface area contributed by atoms with Crippen LogP contribution in [0.25, 0.3) is 0 Å². The lowest BCUT2D eigenvalue weighted by Gasteiger charge is -2.24. The molecular formula is C13H18N2O3. The number of hydrogen-bond acceptors (Lipinski definition) is 3. The van der Waals surface area contributed by atoms with Crippen molar-refractivity contribution in [3.05, 3.63) is 30.3 Å². The van der Waals surface area contributed by atoms with Gasteiger partial charge in [-0.25, -0.2) is 0 Å². The number of amides is 1. The number of carbonyl (C=O) groups is 2. The van der Waals surface area contributed by atoms with Crippen molar-refractivity contribution in [3.63, 3.8) is 0 Å². The van der Waals surface area contributed by atoms with E-state index < -0.39 is 5.97 Å². The molecule has 0 aromatic heterocycles. The summed E-state index contributed by atoms with van der Waals surface area (Å²) in [6.07, 6.45) is 0. The van der Waals surface area contributed by atoms with Crippen LogP contribution in [0.3, 0.4) is 0 Å². The van der Waals surface area contributed by atoms with Gasteiger partial charge >= 0.3 is 5.97 Å². The summed E-state index contributed by atoms with van der Waals surface area (Å²) >= 11 is 0. The van der Waals surface area contributed by atoms with Crippen LogP contribution in [-0.4, -0.2) is 37.1 Å². The number of carboxylic acid groups (broad SMARTS) is 1. The summed E-state index contributed by atoms with van der Waals surface area (Å²) in [5.74, 6) is -1.49. The van der Waals surface area contributed by atoms with Crippen LogP contribution in [0.5, 0.6) is 0 Å². The normalized spacial score (nSPS) is 11.9. The van der Waals surface area contributed by atoms with E-state index in [0.29, 0.717) is 12.2 Å². The van der Waals surface area contributed by atoms with Crippen molar-refractivity contribution >= 4 is 17.6 Å². The second kappa shape index (κ2) is 6.76. The highest BCUT2D eigenvalue weighted by Crippen LogP contribution is 2.15. The number of benzene rings is 1. The van der Waals surface area contributed by atoms with Crippen molar-refractivity contribution in [1.29, 1.82) is 0 Å². The average molecular weight is 250 g/mol. The Kier molecular flexibility index (Phi) is 5.32. The van der Waals surface area contributed by atoms with Crippen LogP contribution in [-0.2, 0) is 9.59 Å². The molecule has 5 nitrogen and oxygen atoms in total. The number of aliphatic carboxylic acids is 1. The maximum absolute atomic E-state index is 12.2. The van der Waals surface area contributed by atoms with Crippen molar-refractivity contribution in [3.8, 4) is 0 Å². The van der Waals surface area contributed by atoms with Gasteiger partial charge in [-0.3, -0.25) is 9.59 Å². The van der Waals surface area contributed by atoms with E-state index in [1.165, 1.54) is 4.90 Å². The molecule has 1 aromatic carbocycles. The molecule has 0 aliphatic carbocycles. The first-order valence-electron chi connectivity index (χ1n) is 5.79.